The van der Waals surface area contributed by atoms with Gasteiger partial charge in [-0.05, 0) is 19.9 Å². The molecule has 0 saturated carbocycles. The van der Waals surface area contributed by atoms with Gasteiger partial charge in [0, 0.05) is 11.8 Å². The van der Waals surface area contributed by atoms with Crippen molar-refractivity contribution in [2.45, 2.75) is 26.9 Å². The standard InChI is InChI=1S/C11H10F3N3OS/c1-5-4-8(11(12,13)14)17(16-5)10-15-9(6(2)18)7(3)19-10/h4H,1-3H3. The van der Waals surface area contributed by atoms with Gasteiger partial charge in [0.15, 0.2) is 11.5 Å². The summed E-state index contributed by atoms with van der Waals surface area (Å²) in [5.41, 5.74) is -0.473. The van der Waals surface area contributed by atoms with Gasteiger partial charge in [0.1, 0.15) is 5.69 Å². The Morgan fingerprint density at radius 3 is 2.47 bits per heavy atom. The molecule has 0 aliphatic rings. The van der Waals surface area contributed by atoms with E-state index in [1.54, 1.807) is 6.92 Å². The Hall–Kier alpha value is -1.70. The Morgan fingerprint density at radius 2 is 2.00 bits per heavy atom. The minimum absolute atomic E-state index is 0.0446. The van der Waals surface area contributed by atoms with Gasteiger partial charge in [0.2, 0.25) is 5.13 Å². The second-order valence-corrected chi connectivity index (χ2v) is 5.22. The molecule has 0 amide bonds. The van der Waals surface area contributed by atoms with E-state index in [-0.39, 0.29) is 22.3 Å². The fourth-order valence-electron chi connectivity index (χ4n) is 1.65. The van der Waals surface area contributed by atoms with Crippen molar-refractivity contribution in [2.75, 3.05) is 0 Å². The molecule has 0 unspecified atom stereocenters. The number of rotatable bonds is 2. The van der Waals surface area contributed by atoms with Gasteiger partial charge >= 0.3 is 6.18 Å². The third-order valence-electron chi connectivity index (χ3n) is 2.42. The molecule has 2 heterocycles. The lowest BCUT2D eigenvalue weighted by atomic mass is 10.3. The maximum absolute atomic E-state index is 12.9. The Bertz CT molecular complexity index is 642. The second-order valence-electron chi connectivity index (χ2n) is 4.04. The average molecular weight is 289 g/mol. The Balaban J connectivity index is 2.59. The van der Waals surface area contributed by atoms with E-state index >= 15 is 0 Å². The number of hydrogen-bond donors (Lipinski definition) is 0. The van der Waals surface area contributed by atoms with Crippen molar-refractivity contribution in [1.29, 1.82) is 0 Å². The molecule has 0 spiro atoms. The number of thiazole rings is 1. The SMILES string of the molecule is CC(=O)c1nc(-n2nc(C)cc2C(F)(F)F)sc1C. The Labute approximate surface area is 110 Å². The van der Waals surface area contributed by atoms with E-state index in [2.05, 4.69) is 10.1 Å². The number of hydrogen-bond acceptors (Lipinski definition) is 4. The average Bonchev–Trinajstić information content (AvgIpc) is 2.80. The van der Waals surface area contributed by atoms with Crippen LogP contribution in [0, 0.1) is 13.8 Å². The first-order valence-corrected chi connectivity index (χ1v) is 6.14. The number of Topliss-reactive ketones (excluding diaryl/α,β-unsaturated/α-hetero) is 1. The predicted octanol–water partition coefficient (Wildman–Crippen LogP) is 3.17. The van der Waals surface area contributed by atoms with Crippen molar-refractivity contribution in [3.05, 3.63) is 28.0 Å². The number of aryl methyl sites for hydroxylation is 2. The highest BCUT2D eigenvalue weighted by atomic mass is 32.1. The van der Waals surface area contributed by atoms with Crippen LogP contribution in [0.5, 0.6) is 0 Å². The van der Waals surface area contributed by atoms with Crippen LogP contribution in [0.3, 0.4) is 0 Å². The number of aromatic nitrogens is 3. The molecule has 2 aromatic heterocycles. The zero-order chi connectivity index (χ0) is 14.4. The van der Waals surface area contributed by atoms with Gasteiger partial charge in [-0.3, -0.25) is 4.79 Å². The van der Waals surface area contributed by atoms with E-state index in [9.17, 15) is 18.0 Å². The zero-order valence-corrected chi connectivity index (χ0v) is 11.2. The smallest absolute Gasteiger partial charge is 0.293 e. The number of carbonyl (C=O) groups is 1. The molecule has 0 atom stereocenters. The first kappa shape index (κ1) is 13.7. The van der Waals surface area contributed by atoms with E-state index in [1.165, 1.54) is 13.8 Å². The van der Waals surface area contributed by atoms with Crippen LogP contribution in [-0.2, 0) is 6.18 Å². The van der Waals surface area contributed by atoms with E-state index < -0.39 is 11.9 Å². The van der Waals surface area contributed by atoms with Crippen LogP contribution in [0.2, 0.25) is 0 Å². The molecule has 0 N–H and O–H groups in total. The highest BCUT2D eigenvalue weighted by Crippen LogP contribution is 2.33. The molecular formula is C11H10F3N3OS. The van der Waals surface area contributed by atoms with E-state index in [1.807, 2.05) is 0 Å². The molecule has 19 heavy (non-hydrogen) atoms. The van der Waals surface area contributed by atoms with Crippen molar-refractivity contribution in [3.8, 4) is 5.13 Å². The lowest BCUT2D eigenvalue weighted by molar-refractivity contribution is -0.142. The monoisotopic (exact) mass is 289 g/mol. The summed E-state index contributed by atoms with van der Waals surface area (Å²) < 4.78 is 39.3. The van der Waals surface area contributed by atoms with Gasteiger partial charge in [-0.2, -0.15) is 18.3 Å². The summed E-state index contributed by atoms with van der Waals surface area (Å²) >= 11 is 1.01. The highest BCUT2D eigenvalue weighted by molar-refractivity contribution is 7.14. The van der Waals surface area contributed by atoms with Crippen molar-refractivity contribution in [1.82, 2.24) is 14.8 Å². The molecule has 0 saturated heterocycles. The van der Waals surface area contributed by atoms with Crippen LogP contribution in [0.4, 0.5) is 13.2 Å². The summed E-state index contributed by atoms with van der Waals surface area (Å²) in [4.78, 5) is 15.8. The Kier molecular flexibility index (Phi) is 3.21. The van der Waals surface area contributed by atoms with Crippen LogP contribution < -0.4 is 0 Å². The highest BCUT2D eigenvalue weighted by Gasteiger charge is 2.36. The molecule has 102 valence electrons. The molecule has 4 nitrogen and oxygen atoms in total. The summed E-state index contributed by atoms with van der Waals surface area (Å²) in [5.74, 6) is -0.280. The number of carbonyl (C=O) groups excluding carboxylic acids is 1. The van der Waals surface area contributed by atoms with Gasteiger partial charge in [-0.15, -0.1) is 0 Å². The molecule has 2 rings (SSSR count). The van der Waals surface area contributed by atoms with Gasteiger partial charge in [0.25, 0.3) is 0 Å². The minimum atomic E-state index is -4.52. The molecular weight excluding hydrogens is 279 g/mol. The number of nitrogens with zero attached hydrogens (tertiary/aromatic N) is 3. The van der Waals surface area contributed by atoms with Crippen LogP contribution in [0.25, 0.3) is 5.13 Å². The van der Waals surface area contributed by atoms with Crippen molar-refractivity contribution >= 4 is 17.1 Å². The molecule has 0 aliphatic carbocycles. The molecule has 0 aromatic carbocycles. The maximum Gasteiger partial charge on any atom is 0.433 e. The summed E-state index contributed by atoms with van der Waals surface area (Å²) in [6.45, 7) is 4.43. The summed E-state index contributed by atoms with van der Waals surface area (Å²) in [5, 5.41) is 3.84. The van der Waals surface area contributed by atoms with E-state index in [0.29, 0.717) is 4.88 Å². The largest absolute Gasteiger partial charge is 0.433 e. The van der Waals surface area contributed by atoms with Gasteiger partial charge in [-0.25, -0.2) is 9.67 Å². The second kappa shape index (κ2) is 4.44. The molecule has 0 fully saturated rings. The Morgan fingerprint density at radius 1 is 1.37 bits per heavy atom. The van der Waals surface area contributed by atoms with Crippen molar-refractivity contribution < 1.29 is 18.0 Å². The normalized spacial score (nSPS) is 11.9. The minimum Gasteiger partial charge on any atom is -0.293 e. The number of halogens is 3. The molecule has 2 aromatic rings. The summed E-state index contributed by atoms with van der Waals surface area (Å²) in [6.07, 6.45) is -4.52. The molecule has 0 aliphatic heterocycles. The lowest BCUT2D eigenvalue weighted by Crippen LogP contribution is -2.13. The van der Waals surface area contributed by atoms with E-state index in [0.717, 1.165) is 22.1 Å². The van der Waals surface area contributed by atoms with Crippen LogP contribution in [0.15, 0.2) is 6.07 Å². The fraction of sp³-hybridized carbons (Fsp3) is 0.364. The third kappa shape index (κ3) is 2.53. The van der Waals surface area contributed by atoms with Crippen molar-refractivity contribution in [2.24, 2.45) is 0 Å². The third-order valence-corrected chi connectivity index (χ3v) is 3.37. The zero-order valence-electron chi connectivity index (χ0n) is 10.4. The summed E-state index contributed by atoms with van der Waals surface area (Å²) in [7, 11) is 0. The van der Waals surface area contributed by atoms with Gasteiger partial charge < -0.3 is 0 Å². The van der Waals surface area contributed by atoms with Crippen LogP contribution in [0.1, 0.15) is 33.7 Å². The topological polar surface area (TPSA) is 47.8 Å². The predicted molar refractivity (Wildman–Crippen MR) is 63.7 cm³/mol. The van der Waals surface area contributed by atoms with Gasteiger partial charge in [0.05, 0.1) is 5.69 Å². The number of alkyl halides is 3. The van der Waals surface area contributed by atoms with Gasteiger partial charge in [-0.1, -0.05) is 11.3 Å². The fourth-order valence-corrected chi connectivity index (χ4v) is 2.57. The van der Waals surface area contributed by atoms with Crippen LogP contribution in [-0.4, -0.2) is 20.5 Å². The quantitative estimate of drug-likeness (QED) is 0.798. The van der Waals surface area contributed by atoms with Crippen LogP contribution >= 0.6 is 11.3 Å². The first-order chi connectivity index (χ1) is 8.70. The molecule has 8 heteroatoms. The summed E-state index contributed by atoms with van der Waals surface area (Å²) in [6, 6.07) is 0.949. The van der Waals surface area contributed by atoms with Crippen molar-refractivity contribution in [3.63, 3.8) is 0 Å². The maximum atomic E-state index is 12.9. The lowest BCUT2D eigenvalue weighted by Gasteiger charge is -2.06. The first-order valence-electron chi connectivity index (χ1n) is 5.32. The molecule has 0 bridgehead atoms. The van der Waals surface area contributed by atoms with E-state index in [4.69, 9.17) is 0 Å². The molecule has 0 radical (unpaired) electrons. The number of ketones is 1.